The number of alkyl halides is 3. The van der Waals surface area contributed by atoms with E-state index in [1.165, 1.54) is 124 Å². The summed E-state index contributed by atoms with van der Waals surface area (Å²) in [6.45, 7) is 77.5. The van der Waals surface area contributed by atoms with Crippen LogP contribution in [-0.2, 0) is 62.3 Å². The summed E-state index contributed by atoms with van der Waals surface area (Å²) in [5, 5.41) is 23.9. The first-order chi connectivity index (χ1) is 68.5. The number of hydrogen-bond acceptors (Lipinski definition) is 15. The van der Waals surface area contributed by atoms with Gasteiger partial charge in [-0.05, 0) is 327 Å². The molecule has 0 saturated carbocycles. The third kappa shape index (κ3) is 48.5. The second-order valence-electron chi connectivity index (χ2n) is 52.9. The summed E-state index contributed by atoms with van der Waals surface area (Å²) in [5.41, 5.74) is 21.2. The molecule has 16 rings (SSSR count). The first-order valence-electron chi connectivity index (χ1n) is 55.9. The topological polar surface area (TPSA) is 128 Å². The van der Waals surface area contributed by atoms with Crippen LogP contribution < -0.4 is 61.4 Å². The molecule has 18 heteroatoms. The molecule has 0 amide bonds. The molecule has 0 spiro atoms. The molecule has 0 aliphatic carbocycles. The van der Waals surface area contributed by atoms with Gasteiger partial charge in [0.2, 0.25) is 0 Å². The molecule has 8 aliphatic heterocycles. The molecule has 0 bridgehead atoms. The number of benzene rings is 8. The Kier molecular flexibility index (Phi) is 47.8. The van der Waals surface area contributed by atoms with Crippen LogP contribution in [0.3, 0.4) is 0 Å². The average Bonchev–Trinajstić information content (AvgIpc) is 0.961. The highest BCUT2D eigenvalue weighted by atomic mass is 19.4. The van der Waals surface area contributed by atoms with Crippen LogP contribution in [0.1, 0.15) is 296 Å². The van der Waals surface area contributed by atoms with Crippen molar-refractivity contribution in [2.24, 2.45) is 43.3 Å². The monoisotopic (exact) mass is 2010 g/mol. The standard InChI is InChI=1S/C17H28N2.C17H27NO.C16H23F3N2.2C16H26N2.C16H25NO.C15H23NO.C15H23N/c1-17(2,3)12-14-7-9-15(10-8-14)19(4)16-6-5-11-18-13-16;1-17(2,3)13-14-5-7-15(8-6-14)19-16-9-11-18(4)12-10-16;1-15(2,3)11-12-4-5-14(13(10-12)16(17,18)19)21-8-6-20-7-9-21;1-13-11-14(12-16(2,3)4)5-6-15(13)18-9-7-17-8-10-18;1-16(2,3)12-13-4-6-14(7-5-13)18-15-8-10-17-11-9-15;1-16(2,3)11-13-5-7-14(8-6-13)18-15-9-10-17(4)12-15;1-15(2,3)10-12-4-6-13(7-5-12)14-11-16-8-9-17-14;1-15(2,3)10-12-4-6-13(7-5-12)14-8-9-16-11-14/h7-10,16,18H,5-6,11-13H2,1-4H3;5-8,16H,9-13H2,1-4H3;4-5,10,20H,6-9,11H2,1-3H3;5-6,11,17H,7-10,12H2,1-4H3;4-7,15,17-18H,8-12H2,1-3H3;5-8,15H,9-12H2,1-4H3;4-7,14,16H,8-11H2,1-3H3;4-7,14,16H,8-11H2,1-3H3. The van der Waals surface area contributed by atoms with E-state index in [1.807, 2.05) is 31.7 Å². The minimum atomic E-state index is -4.31. The van der Waals surface area contributed by atoms with Gasteiger partial charge in [-0.25, -0.2) is 0 Å². The first-order valence-corrected chi connectivity index (χ1v) is 55.9. The summed E-state index contributed by atoms with van der Waals surface area (Å²) in [6.07, 6.45) is 15.0. The third-order valence-electron chi connectivity index (χ3n) is 27.5. The van der Waals surface area contributed by atoms with E-state index in [0.29, 0.717) is 87.4 Å². The highest BCUT2D eigenvalue weighted by Crippen LogP contribution is 2.40. The molecule has 7 N–H and O–H groups in total. The zero-order valence-corrected chi connectivity index (χ0v) is 96.5. The second-order valence-corrected chi connectivity index (χ2v) is 52.9. The van der Waals surface area contributed by atoms with Gasteiger partial charge in [-0.1, -0.05) is 281 Å². The number of nitrogens with one attached hydrogen (secondary N) is 7. The number of aryl methyl sites for hydroxylation is 1. The van der Waals surface area contributed by atoms with Gasteiger partial charge >= 0.3 is 6.18 Å². The van der Waals surface area contributed by atoms with Gasteiger partial charge in [-0.2, -0.15) is 13.2 Å². The van der Waals surface area contributed by atoms with Crippen LogP contribution >= 0.6 is 0 Å². The van der Waals surface area contributed by atoms with Gasteiger partial charge in [0.25, 0.3) is 0 Å². The Morgan fingerprint density at radius 1 is 0.349 bits per heavy atom. The summed E-state index contributed by atoms with van der Waals surface area (Å²) in [5.74, 6) is 2.77. The molecule has 146 heavy (non-hydrogen) atoms. The van der Waals surface area contributed by atoms with Crippen LogP contribution in [0.4, 0.5) is 35.9 Å². The van der Waals surface area contributed by atoms with Crippen molar-refractivity contribution in [3.05, 3.63) is 249 Å². The van der Waals surface area contributed by atoms with Crippen LogP contribution in [-0.4, -0.2) is 193 Å². The number of rotatable bonds is 20. The number of hydrogen-bond donors (Lipinski definition) is 7. The Morgan fingerprint density at radius 2 is 0.712 bits per heavy atom. The zero-order valence-electron chi connectivity index (χ0n) is 96.5. The SMILES string of the molecule is CC(C)(C)Cc1ccc(C2CCNC2)cc1.CC(C)(C)Cc1ccc(C2CNCCO2)cc1.CC(C)(C)Cc1ccc(N2CCNCC2)c(C(F)(F)F)c1.CC(C)(C)Cc1ccc(NC2CCNCC2)cc1.CN(c1ccc(CC(C)(C)C)cc1)C1CCCNC1.CN1CCC(Oc2ccc(CC(C)(C)C)cc2)C1.CN1CCC(Oc2ccc(CC(C)(C)C)cc2)CC1.Cc1cc(CC(C)(C)C)ccc1N1CCNCC1. The molecule has 0 aromatic heterocycles. The number of nitrogens with zero attached hydrogens (tertiary/aromatic N) is 5. The van der Waals surface area contributed by atoms with Crippen LogP contribution in [0.5, 0.6) is 11.5 Å². The summed E-state index contributed by atoms with van der Waals surface area (Å²) in [4.78, 5) is 11.4. The van der Waals surface area contributed by atoms with Crippen molar-refractivity contribution in [1.29, 1.82) is 0 Å². The van der Waals surface area contributed by atoms with E-state index in [2.05, 4.69) is 394 Å². The summed E-state index contributed by atoms with van der Waals surface area (Å²) in [7, 11) is 6.55. The molecule has 8 fully saturated rings. The Labute approximate surface area is 887 Å². The summed E-state index contributed by atoms with van der Waals surface area (Å²) < 4.78 is 57.9. The van der Waals surface area contributed by atoms with Gasteiger partial charge in [0.15, 0.2) is 0 Å². The van der Waals surface area contributed by atoms with E-state index < -0.39 is 11.7 Å². The Hall–Kier alpha value is -8.01. The molecule has 8 heterocycles. The van der Waals surface area contributed by atoms with E-state index in [-0.39, 0.29) is 11.5 Å². The van der Waals surface area contributed by atoms with Gasteiger partial charge in [-0.15, -0.1) is 0 Å². The molecule has 8 aromatic carbocycles. The summed E-state index contributed by atoms with van der Waals surface area (Å²) in [6, 6.07) is 66.5. The number of likely N-dealkylation sites (N-methyl/N-ethyl adjacent to an activating group) is 2. The number of piperidine rings is 3. The van der Waals surface area contributed by atoms with E-state index in [4.69, 9.17) is 14.2 Å². The van der Waals surface area contributed by atoms with Crippen LogP contribution in [0.2, 0.25) is 0 Å². The lowest BCUT2D eigenvalue weighted by Crippen LogP contribution is -2.44. The lowest BCUT2D eigenvalue weighted by atomic mass is 9.87. The Bertz CT molecular complexity index is 4880. The number of likely N-dealkylation sites (tertiary alicyclic amines) is 2. The third-order valence-corrected chi connectivity index (χ3v) is 27.5. The fourth-order valence-electron chi connectivity index (χ4n) is 20.6. The van der Waals surface area contributed by atoms with Crippen molar-refractivity contribution in [2.45, 2.75) is 318 Å². The predicted octanol–water partition coefficient (Wildman–Crippen LogP) is 27.0. The minimum absolute atomic E-state index is 0.0283. The van der Waals surface area contributed by atoms with Gasteiger partial charge < -0.3 is 75.9 Å². The molecular weight excluding hydrogens is 1810 g/mol. The lowest BCUT2D eigenvalue weighted by molar-refractivity contribution is -0.137. The van der Waals surface area contributed by atoms with E-state index in [0.717, 1.165) is 199 Å². The summed E-state index contributed by atoms with van der Waals surface area (Å²) >= 11 is 0. The number of ether oxygens (including phenoxy) is 3. The minimum Gasteiger partial charge on any atom is -0.490 e. The highest BCUT2D eigenvalue weighted by Gasteiger charge is 2.37. The molecule has 8 aliphatic rings. The van der Waals surface area contributed by atoms with Crippen molar-refractivity contribution < 1.29 is 27.4 Å². The molecule has 8 saturated heterocycles. The van der Waals surface area contributed by atoms with E-state index in [1.54, 1.807) is 6.07 Å². The fourth-order valence-corrected chi connectivity index (χ4v) is 20.6. The first kappa shape index (κ1) is 122. The van der Waals surface area contributed by atoms with E-state index >= 15 is 0 Å². The Morgan fingerprint density at radius 3 is 1.11 bits per heavy atom. The Balaban J connectivity index is 0.000000186. The normalized spacial score (nSPS) is 19.3. The molecule has 8 aromatic rings. The van der Waals surface area contributed by atoms with E-state index in [9.17, 15) is 13.2 Å². The fraction of sp³-hybridized carbons (Fsp3) is 0.625. The van der Waals surface area contributed by atoms with Crippen molar-refractivity contribution in [3.63, 3.8) is 0 Å². The second kappa shape index (κ2) is 57.5. The molecular formula is C128H201F3N12O3. The van der Waals surface area contributed by atoms with Crippen molar-refractivity contribution in [2.75, 3.05) is 179 Å². The molecule has 4 unspecified atom stereocenters. The maximum absolute atomic E-state index is 13.4. The maximum Gasteiger partial charge on any atom is 0.418 e. The van der Waals surface area contributed by atoms with Gasteiger partial charge in [-0.3, -0.25) is 0 Å². The molecule has 4 atom stereocenters. The van der Waals surface area contributed by atoms with Crippen molar-refractivity contribution >= 4 is 22.7 Å². The lowest BCUT2D eigenvalue weighted by Gasteiger charge is -2.33. The average molecular weight is 2010 g/mol. The number of morpholine rings is 1. The number of anilines is 4. The van der Waals surface area contributed by atoms with Gasteiger partial charge in [0.1, 0.15) is 23.7 Å². The smallest absolute Gasteiger partial charge is 0.418 e. The van der Waals surface area contributed by atoms with Gasteiger partial charge in [0, 0.05) is 147 Å². The van der Waals surface area contributed by atoms with Crippen LogP contribution in [0.15, 0.2) is 182 Å². The quantitative estimate of drug-likeness (QED) is 0.0391. The molecule has 0 radical (unpaired) electrons. The predicted molar refractivity (Wildman–Crippen MR) is 620 cm³/mol. The largest absolute Gasteiger partial charge is 0.490 e. The maximum atomic E-state index is 13.4. The molecule has 812 valence electrons. The van der Waals surface area contributed by atoms with Gasteiger partial charge in [0.05, 0.1) is 18.3 Å². The van der Waals surface area contributed by atoms with Crippen LogP contribution in [0.25, 0.3) is 0 Å². The zero-order chi connectivity index (χ0) is 107. The van der Waals surface area contributed by atoms with Crippen molar-refractivity contribution in [1.82, 2.24) is 41.7 Å². The highest BCUT2D eigenvalue weighted by molar-refractivity contribution is 5.58. The van der Waals surface area contributed by atoms with Crippen molar-refractivity contribution in [3.8, 4) is 11.5 Å². The van der Waals surface area contributed by atoms with Crippen LogP contribution in [0, 0.1) is 50.2 Å². The number of halogens is 3. The number of piperazine rings is 2. The molecule has 15 nitrogen and oxygen atoms in total.